The van der Waals surface area contributed by atoms with Crippen LogP contribution in [0, 0.1) is 11.3 Å². The number of nitriles is 1. The van der Waals surface area contributed by atoms with Gasteiger partial charge in [-0.3, -0.25) is 4.90 Å². The largest absolute Gasteiger partial charge is 0.454 e. The summed E-state index contributed by atoms with van der Waals surface area (Å²) in [6.45, 7) is 7.27. The summed E-state index contributed by atoms with van der Waals surface area (Å²) in [7, 11) is 0. The van der Waals surface area contributed by atoms with Gasteiger partial charge in [0.2, 0.25) is 6.79 Å². The van der Waals surface area contributed by atoms with Crippen LogP contribution in [0.25, 0.3) is 0 Å². The molecular weight excluding hydrogens is 560 g/mol. The zero-order valence-electron chi connectivity index (χ0n) is 25.4. The molecule has 0 bridgehead atoms. The van der Waals surface area contributed by atoms with Gasteiger partial charge < -0.3 is 33.2 Å². The summed E-state index contributed by atoms with van der Waals surface area (Å²) in [6, 6.07) is 28.6. The number of hydrogen-bond acceptors (Lipinski definition) is 9. The van der Waals surface area contributed by atoms with Crippen molar-refractivity contribution in [3.05, 3.63) is 95.6 Å². The predicted octanol–water partition coefficient (Wildman–Crippen LogP) is 5.18. The van der Waals surface area contributed by atoms with Crippen LogP contribution >= 0.6 is 0 Å². The van der Waals surface area contributed by atoms with Gasteiger partial charge in [0.05, 0.1) is 45.2 Å². The molecule has 232 valence electrons. The molecule has 0 radical (unpaired) electrons. The first-order valence-corrected chi connectivity index (χ1v) is 15.2. The van der Waals surface area contributed by atoms with E-state index in [2.05, 4.69) is 11.0 Å². The van der Waals surface area contributed by atoms with Gasteiger partial charge in [-0.05, 0) is 42.7 Å². The van der Waals surface area contributed by atoms with Crippen LogP contribution in [-0.2, 0) is 42.4 Å². The molecule has 0 N–H and O–H groups in total. The van der Waals surface area contributed by atoms with Gasteiger partial charge in [0, 0.05) is 19.5 Å². The molecule has 3 aromatic carbocycles. The maximum atomic E-state index is 11.1. The molecule has 0 spiro atoms. The van der Waals surface area contributed by atoms with Crippen LogP contribution in [-0.4, -0.2) is 68.7 Å². The third kappa shape index (κ3) is 6.92. The second-order valence-electron chi connectivity index (χ2n) is 11.8. The molecule has 3 aliphatic rings. The van der Waals surface area contributed by atoms with E-state index in [4.69, 9.17) is 33.2 Å². The lowest BCUT2D eigenvalue weighted by molar-refractivity contribution is -0.184. The van der Waals surface area contributed by atoms with Crippen molar-refractivity contribution in [2.24, 2.45) is 0 Å². The Balaban J connectivity index is 1.39. The van der Waals surface area contributed by atoms with Crippen molar-refractivity contribution in [1.82, 2.24) is 4.90 Å². The number of morpholine rings is 1. The second kappa shape index (κ2) is 13.7. The van der Waals surface area contributed by atoms with Crippen LogP contribution in [0.15, 0.2) is 78.9 Å². The molecule has 9 heteroatoms. The van der Waals surface area contributed by atoms with Gasteiger partial charge in [0.1, 0.15) is 17.7 Å². The molecule has 2 saturated heterocycles. The van der Waals surface area contributed by atoms with E-state index < -0.39 is 29.6 Å². The Bertz CT molecular complexity index is 1410. The summed E-state index contributed by atoms with van der Waals surface area (Å²) in [5, 5.41) is 11.1. The number of hydrogen-bond donors (Lipinski definition) is 0. The number of benzene rings is 3. The number of rotatable bonds is 12. The summed E-state index contributed by atoms with van der Waals surface area (Å²) < 4.78 is 43.0. The summed E-state index contributed by atoms with van der Waals surface area (Å²) in [5.41, 5.74) is 1.80. The molecular formula is C35H40N2O7. The quantitative estimate of drug-likeness (QED) is 0.279. The van der Waals surface area contributed by atoms with Crippen LogP contribution in [0.1, 0.15) is 37.0 Å². The van der Waals surface area contributed by atoms with Crippen LogP contribution in [0.5, 0.6) is 11.5 Å². The van der Waals surface area contributed by atoms with Gasteiger partial charge >= 0.3 is 0 Å². The third-order valence-electron chi connectivity index (χ3n) is 8.44. The predicted molar refractivity (Wildman–Crippen MR) is 162 cm³/mol. The summed E-state index contributed by atoms with van der Waals surface area (Å²) in [5.74, 6) is 0.530. The molecule has 0 saturated carbocycles. The Morgan fingerprint density at radius 1 is 0.909 bits per heavy atom. The maximum Gasteiger partial charge on any atom is 0.231 e. The first kappa shape index (κ1) is 30.5. The standard InChI is InChI=1S/C35H40N2O7/c1-34(2)43-23-32(44-34)33(40-22-27-11-7-4-8-12-27)31(39-21-26-9-5-3-6-10-26)20-35(24-36,37-15-17-38-18-16-37)28-13-14-29-30(19-28)42-25-41-29/h3-14,19,31-33H,15-18,20-23,25H2,1-2H3/t31-,32-,33+,35+/m1/s1. The molecule has 44 heavy (non-hydrogen) atoms. The average molecular weight is 601 g/mol. The normalized spacial score (nSPS) is 22.2. The zero-order valence-corrected chi connectivity index (χ0v) is 25.4. The Hall–Kier alpha value is -3.49. The molecule has 3 heterocycles. The lowest BCUT2D eigenvalue weighted by atomic mass is 9.81. The maximum absolute atomic E-state index is 11.1. The van der Waals surface area contributed by atoms with Gasteiger partial charge in [-0.25, -0.2) is 0 Å². The minimum Gasteiger partial charge on any atom is -0.454 e. The van der Waals surface area contributed by atoms with E-state index in [1.807, 2.05) is 92.7 Å². The summed E-state index contributed by atoms with van der Waals surface area (Å²) in [4.78, 5) is 2.19. The van der Waals surface area contributed by atoms with Crippen LogP contribution < -0.4 is 9.47 Å². The van der Waals surface area contributed by atoms with Crippen LogP contribution in [0.2, 0.25) is 0 Å². The van der Waals surface area contributed by atoms with Crippen molar-refractivity contribution < 1.29 is 33.2 Å². The van der Waals surface area contributed by atoms with Crippen molar-refractivity contribution in [2.45, 2.75) is 63.1 Å². The van der Waals surface area contributed by atoms with E-state index in [1.165, 1.54) is 0 Å². The van der Waals surface area contributed by atoms with Crippen molar-refractivity contribution in [1.29, 1.82) is 5.26 Å². The highest BCUT2D eigenvalue weighted by Gasteiger charge is 2.48. The second-order valence-corrected chi connectivity index (χ2v) is 11.8. The summed E-state index contributed by atoms with van der Waals surface area (Å²) in [6.07, 6.45) is -1.18. The number of ether oxygens (including phenoxy) is 7. The van der Waals surface area contributed by atoms with Crippen molar-refractivity contribution in [3.63, 3.8) is 0 Å². The van der Waals surface area contributed by atoms with E-state index >= 15 is 0 Å². The molecule has 9 nitrogen and oxygen atoms in total. The van der Waals surface area contributed by atoms with E-state index in [0.717, 1.165) is 16.7 Å². The van der Waals surface area contributed by atoms with E-state index in [-0.39, 0.29) is 6.79 Å². The van der Waals surface area contributed by atoms with Gasteiger partial charge in [-0.2, -0.15) is 5.26 Å². The van der Waals surface area contributed by atoms with Gasteiger partial charge in [-0.1, -0.05) is 66.7 Å². The Morgan fingerprint density at radius 3 is 2.20 bits per heavy atom. The van der Waals surface area contributed by atoms with E-state index in [0.29, 0.717) is 64.0 Å². The van der Waals surface area contributed by atoms with E-state index in [1.54, 1.807) is 0 Å². The Morgan fingerprint density at radius 2 is 1.57 bits per heavy atom. The fraction of sp³-hybridized carbons (Fsp3) is 0.457. The molecule has 0 aliphatic carbocycles. The molecule has 2 fully saturated rings. The monoisotopic (exact) mass is 600 g/mol. The highest BCUT2D eigenvalue weighted by Crippen LogP contribution is 2.42. The highest BCUT2D eigenvalue weighted by molar-refractivity contribution is 5.48. The molecule has 4 atom stereocenters. The molecule has 0 amide bonds. The van der Waals surface area contributed by atoms with Gasteiger partial charge in [0.25, 0.3) is 0 Å². The minimum atomic E-state index is -1.07. The number of nitrogens with zero attached hydrogens (tertiary/aromatic N) is 2. The first-order valence-electron chi connectivity index (χ1n) is 15.2. The van der Waals surface area contributed by atoms with Gasteiger partial charge in [0.15, 0.2) is 17.3 Å². The van der Waals surface area contributed by atoms with Crippen molar-refractivity contribution >= 4 is 0 Å². The lowest BCUT2D eigenvalue weighted by Crippen LogP contribution is -2.55. The Kier molecular flexibility index (Phi) is 9.47. The molecule has 6 rings (SSSR count). The first-order chi connectivity index (χ1) is 21.5. The Labute approximate surface area is 259 Å². The molecule has 0 aromatic heterocycles. The number of fused-ring (bicyclic) bond motifs is 1. The zero-order chi connectivity index (χ0) is 30.4. The van der Waals surface area contributed by atoms with Crippen molar-refractivity contribution in [2.75, 3.05) is 39.7 Å². The van der Waals surface area contributed by atoms with Crippen LogP contribution in [0.3, 0.4) is 0 Å². The SMILES string of the molecule is CC1(C)OC[C@H]([C@@H](OCc2ccccc2)[C@@H](C[C@](C#N)(c2ccc3c(c2)OCO3)N2CCOCC2)OCc2ccccc2)O1. The van der Waals surface area contributed by atoms with E-state index in [9.17, 15) is 5.26 Å². The van der Waals surface area contributed by atoms with Crippen LogP contribution in [0.4, 0.5) is 0 Å². The highest BCUT2D eigenvalue weighted by atomic mass is 16.8. The molecule has 3 aliphatic heterocycles. The minimum absolute atomic E-state index is 0.156. The third-order valence-corrected chi connectivity index (χ3v) is 8.44. The van der Waals surface area contributed by atoms with Gasteiger partial charge in [-0.15, -0.1) is 0 Å². The van der Waals surface area contributed by atoms with Crippen molar-refractivity contribution in [3.8, 4) is 17.6 Å². The fourth-order valence-corrected chi connectivity index (χ4v) is 6.15. The lowest BCUT2D eigenvalue weighted by Gasteiger charge is -2.44. The smallest absolute Gasteiger partial charge is 0.231 e. The molecule has 0 unspecified atom stereocenters. The fourth-order valence-electron chi connectivity index (χ4n) is 6.15. The topological polar surface area (TPSA) is 91.6 Å². The molecule has 3 aromatic rings. The average Bonchev–Trinajstić information content (AvgIpc) is 3.69. The summed E-state index contributed by atoms with van der Waals surface area (Å²) >= 11 is 0.